The van der Waals surface area contributed by atoms with E-state index in [9.17, 15) is 14.8 Å². The number of halogens is 1. The lowest BCUT2D eigenvalue weighted by Crippen LogP contribution is -2.33. The van der Waals surface area contributed by atoms with E-state index < -0.39 is 17.3 Å². The third-order valence-electron chi connectivity index (χ3n) is 4.89. The van der Waals surface area contributed by atoms with E-state index in [2.05, 4.69) is 13.0 Å². The molecule has 0 radical (unpaired) electrons. The summed E-state index contributed by atoms with van der Waals surface area (Å²) in [5.41, 5.74) is 0.336. The number of aliphatic hydroxyl groups excluding tert-OH is 1. The van der Waals surface area contributed by atoms with E-state index in [0.717, 1.165) is 24.8 Å². The molecule has 1 aliphatic carbocycles. The number of aryl methyl sites for hydroxylation is 1. The Morgan fingerprint density at radius 3 is 2.67 bits per heavy atom. The highest BCUT2D eigenvalue weighted by Gasteiger charge is 2.43. The van der Waals surface area contributed by atoms with Crippen LogP contribution in [0.1, 0.15) is 62.7 Å². The highest BCUT2D eigenvalue weighted by molar-refractivity contribution is 5.29. The highest BCUT2D eigenvalue weighted by atomic mass is 19.1. The summed E-state index contributed by atoms with van der Waals surface area (Å²) in [7, 11) is 0. The molecule has 1 saturated carbocycles. The molecule has 114 valence electrons. The smallest absolute Gasteiger partial charge is 0.129 e. The standard InChI is InChI=1S/C18H24FNO/c1-3-4-14-7-9-18(12-20,10-8-14)17(21)15-11-13(2)5-6-16(15)19/h5-6,11,14,17,21H,3-4,7-10H2,1-2H3. The van der Waals surface area contributed by atoms with E-state index >= 15 is 0 Å². The van der Waals surface area contributed by atoms with E-state index in [1.165, 1.54) is 12.5 Å². The van der Waals surface area contributed by atoms with E-state index in [-0.39, 0.29) is 5.56 Å². The minimum absolute atomic E-state index is 0.269. The van der Waals surface area contributed by atoms with Gasteiger partial charge in [-0.1, -0.05) is 37.5 Å². The van der Waals surface area contributed by atoms with Crippen molar-refractivity contribution in [1.82, 2.24) is 0 Å². The number of benzene rings is 1. The average Bonchev–Trinajstić information content (AvgIpc) is 2.50. The van der Waals surface area contributed by atoms with E-state index in [1.807, 2.05) is 6.92 Å². The van der Waals surface area contributed by atoms with Gasteiger partial charge < -0.3 is 5.11 Å². The summed E-state index contributed by atoms with van der Waals surface area (Å²) >= 11 is 0. The van der Waals surface area contributed by atoms with Crippen LogP contribution in [0.4, 0.5) is 4.39 Å². The van der Waals surface area contributed by atoms with Crippen LogP contribution < -0.4 is 0 Å². The lowest BCUT2D eigenvalue weighted by atomic mass is 9.66. The molecule has 2 rings (SSSR count). The van der Waals surface area contributed by atoms with Gasteiger partial charge in [-0.3, -0.25) is 0 Å². The predicted molar refractivity (Wildman–Crippen MR) is 81.0 cm³/mol. The van der Waals surface area contributed by atoms with Gasteiger partial charge in [0.1, 0.15) is 11.9 Å². The van der Waals surface area contributed by atoms with Crippen LogP contribution in [0.25, 0.3) is 0 Å². The Balaban J connectivity index is 2.22. The van der Waals surface area contributed by atoms with Crippen LogP contribution in [-0.2, 0) is 0 Å². The van der Waals surface area contributed by atoms with Crippen LogP contribution in [0, 0.1) is 35.4 Å². The largest absolute Gasteiger partial charge is 0.387 e. The second-order valence-corrected chi connectivity index (χ2v) is 6.43. The average molecular weight is 289 g/mol. The quantitative estimate of drug-likeness (QED) is 0.875. The zero-order valence-electron chi connectivity index (χ0n) is 12.9. The molecule has 2 nitrogen and oxygen atoms in total. The third kappa shape index (κ3) is 3.27. The molecule has 0 spiro atoms. The maximum atomic E-state index is 14.0. The summed E-state index contributed by atoms with van der Waals surface area (Å²) < 4.78 is 14.0. The normalized spacial score (nSPS) is 27.1. The fourth-order valence-electron chi connectivity index (χ4n) is 3.51. The van der Waals surface area contributed by atoms with Gasteiger partial charge >= 0.3 is 0 Å². The van der Waals surface area contributed by atoms with E-state index in [4.69, 9.17) is 0 Å². The van der Waals surface area contributed by atoms with Gasteiger partial charge in [0.05, 0.1) is 11.5 Å². The Morgan fingerprint density at radius 2 is 2.10 bits per heavy atom. The molecule has 0 amide bonds. The number of rotatable bonds is 4. The summed E-state index contributed by atoms with van der Waals surface area (Å²) in [6.07, 6.45) is 4.50. The SMILES string of the molecule is CCCC1CCC(C#N)(C(O)c2cc(C)ccc2F)CC1. The first-order valence-electron chi connectivity index (χ1n) is 7.88. The molecular weight excluding hydrogens is 265 g/mol. The number of nitriles is 1. The third-order valence-corrected chi connectivity index (χ3v) is 4.89. The van der Waals surface area contributed by atoms with Gasteiger partial charge in [0.25, 0.3) is 0 Å². The van der Waals surface area contributed by atoms with E-state index in [1.54, 1.807) is 12.1 Å². The second-order valence-electron chi connectivity index (χ2n) is 6.43. The summed E-state index contributed by atoms with van der Waals surface area (Å²) in [6, 6.07) is 7.03. The van der Waals surface area contributed by atoms with Crippen molar-refractivity contribution >= 4 is 0 Å². The molecule has 1 aromatic rings. The number of hydrogen-bond acceptors (Lipinski definition) is 2. The Hall–Kier alpha value is -1.40. The van der Waals surface area contributed by atoms with Crippen molar-refractivity contribution in [1.29, 1.82) is 5.26 Å². The minimum Gasteiger partial charge on any atom is -0.387 e. The van der Waals surface area contributed by atoms with Crippen LogP contribution in [0.15, 0.2) is 18.2 Å². The van der Waals surface area contributed by atoms with Crippen molar-refractivity contribution in [3.63, 3.8) is 0 Å². The molecule has 0 aromatic heterocycles. The summed E-state index contributed by atoms with van der Waals surface area (Å²) in [6.45, 7) is 4.04. The van der Waals surface area contributed by atoms with Gasteiger partial charge in [0, 0.05) is 5.56 Å². The lowest BCUT2D eigenvalue weighted by Gasteiger charge is -2.38. The summed E-state index contributed by atoms with van der Waals surface area (Å²) in [5, 5.41) is 20.3. The van der Waals surface area contributed by atoms with Crippen LogP contribution in [0.2, 0.25) is 0 Å². The minimum atomic E-state index is -1.04. The highest BCUT2D eigenvalue weighted by Crippen LogP contribution is 2.48. The van der Waals surface area contributed by atoms with Gasteiger partial charge in [-0.15, -0.1) is 0 Å². The summed E-state index contributed by atoms with van der Waals surface area (Å²) in [5.74, 6) is 0.226. The lowest BCUT2D eigenvalue weighted by molar-refractivity contribution is 0.0213. The van der Waals surface area contributed by atoms with Gasteiger partial charge in [-0.2, -0.15) is 5.26 Å². The first-order chi connectivity index (χ1) is 10.0. The van der Waals surface area contributed by atoms with E-state index in [0.29, 0.717) is 18.8 Å². The molecule has 1 aliphatic rings. The molecule has 21 heavy (non-hydrogen) atoms. The van der Waals surface area contributed by atoms with Crippen molar-refractivity contribution in [3.05, 3.63) is 35.1 Å². The van der Waals surface area contributed by atoms with Gasteiger partial charge in [-0.05, 0) is 44.6 Å². The molecular formula is C18H24FNO. The molecule has 1 unspecified atom stereocenters. The van der Waals surface area contributed by atoms with Crippen LogP contribution in [0.3, 0.4) is 0 Å². The molecule has 1 N–H and O–H groups in total. The van der Waals surface area contributed by atoms with Gasteiger partial charge in [0.15, 0.2) is 0 Å². The molecule has 0 aliphatic heterocycles. The maximum absolute atomic E-state index is 14.0. The number of nitrogens with zero attached hydrogens (tertiary/aromatic N) is 1. The van der Waals surface area contributed by atoms with Gasteiger partial charge in [0.2, 0.25) is 0 Å². The number of aliphatic hydroxyl groups is 1. The first kappa shape index (κ1) is 16.0. The van der Waals surface area contributed by atoms with Crippen molar-refractivity contribution in [2.75, 3.05) is 0 Å². The van der Waals surface area contributed by atoms with Crippen LogP contribution in [-0.4, -0.2) is 5.11 Å². The molecule has 1 atom stereocenters. The van der Waals surface area contributed by atoms with Crippen molar-refractivity contribution < 1.29 is 9.50 Å². The monoisotopic (exact) mass is 289 g/mol. The second kappa shape index (κ2) is 6.58. The zero-order valence-corrected chi connectivity index (χ0v) is 12.9. The Kier molecular flexibility index (Phi) is 5.00. The summed E-state index contributed by atoms with van der Waals surface area (Å²) in [4.78, 5) is 0. The van der Waals surface area contributed by atoms with Gasteiger partial charge in [-0.25, -0.2) is 4.39 Å². The Bertz CT molecular complexity index is 527. The molecule has 1 fully saturated rings. The van der Waals surface area contributed by atoms with Crippen molar-refractivity contribution in [3.8, 4) is 6.07 Å². The number of hydrogen-bond donors (Lipinski definition) is 1. The zero-order chi connectivity index (χ0) is 15.5. The Morgan fingerprint density at radius 1 is 1.43 bits per heavy atom. The Labute approximate surface area is 126 Å². The topological polar surface area (TPSA) is 44.0 Å². The van der Waals surface area contributed by atoms with Crippen molar-refractivity contribution in [2.24, 2.45) is 11.3 Å². The predicted octanol–water partition coefficient (Wildman–Crippen LogP) is 4.67. The first-order valence-corrected chi connectivity index (χ1v) is 7.88. The van der Waals surface area contributed by atoms with Crippen molar-refractivity contribution in [2.45, 2.75) is 58.5 Å². The molecule has 0 saturated heterocycles. The molecule has 0 bridgehead atoms. The molecule has 0 heterocycles. The van der Waals surface area contributed by atoms with Crippen LogP contribution in [0.5, 0.6) is 0 Å². The molecule has 1 aromatic carbocycles. The fourth-order valence-corrected chi connectivity index (χ4v) is 3.51. The fraction of sp³-hybridized carbons (Fsp3) is 0.611. The molecule has 3 heteroatoms. The van der Waals surface area contributed by atoms with Crippen LogP contribution >= 0.6 is 0 Å². The maximum Gasteiger partial charge on any atom is 0.129 e.